The highest BCUT2D eigenvalue weighted by molar-refractivity contribution is 8.00. The Hall–Kier alpha value is -1.26. The van der Waals surface area contributed by atoms with Gasteiger partial charge in [-0.1, -0.05) is 20.3 Å². The van der Waals surface area contributed by atoms with Crippen LogP contribution in [0.1, 0.15) is 32.9 Å². The van der Waals surface area contributed by atoms with E-state index in [0.29, 0.717) is 16.4 Å². The number of hydrogen-bond acceptors (Lipinski definition) is 8. The molecule has 0 spiro atoms. The number of fused-ring (bicyclic) bond motifs is 1. The number of ether oxygens (including phenoxy) is 1. The quantitative estimate of drug-likeness (QED) is 0.514. The maximum absolute atomic E-state index is 10.2. The zero-order valence-electron chi connectivity index (χ0n) is 13.6. The zero-order chi connectivity index (χ0) is 17.3. The summed E-state index contributed by atoms with van der Waals surface area (Å²) in [4.78, 5) is 12.9. The molecule has 1 fully saturated rings. The molecule has 5 atom stereocenters. The van der Waals surface area contributed by atoms with Gasteiger partial charge in [-0.2, -0.15) is 0 Å². The van der Waals surface area contributed by atoms with Gasteiger partial charge in [0, 0.05) is 5.25 Å². The molecule has 0 amide bonds. The first-order chi connectivity index (χ1) is 11.6. The van der Waals surface area contributed by atoms with Crippen molar-refractivity contribution >= 4 is 22.9 Å². The summed E-state index contributed by atoms with van der Waals surface area (Å²) in [6.45, 7) is 3.92. The van der Waals surface area contributed by atoms with Crippen LogP contribution in [0, 0.1) is 0 Å². The number of aromatic nitrogens is 4. The van der Waals surface area contributed by atoms with E-state index in [1.54, 1.807) is 16.3 Å². The first-order valence-electron chi connectivity index (χ1n) is 8.03. The number of aliphatic hydroxyl groups is 3. The second kappa shape index (κ2) is 7.32. The molecule has 1 aliphatic rings. The average Bonchev–Trinajstić information content (AvgIpc) is 3.11. The SMILES string of the molecule is CCCC(C)Sc1ncnc2c1ncn2[C@@H]1O[C@H](CO)[C@@H](O)[C@H]1O. The Balaban J connectivity index is 1.91. The molecule has 2 aromatic heterocycles. The monoisotopic (exact) mass is 354 g/mol. The summed E-state index contributed by atoms with van der Waals surface area (Å²) in [5.41, 5.74) is 1.18. The minimum absolute atomic E-state index is 0.369. The molecule has 0 saturated carbocycles. The van der Waals surface area contributed by atoms with E-state index in [-0.39, 0.29) is 6.61 Å². The Morgan fingerprint density at radius 1 is 1.29 bits per heavy atom. The van der Waals surface area contributed by atoms with Gasteiger partial charge in [0.05, 0.1) is 12.9 Å². The van der Waals surface area contributed by atoms with E-state index in [1.807, 2.05) is 0 Å². The van der Waals surface area contributed by atoms with Crippen molar-refractivity contribution in [2.24, 2.45) is 0 Å². The van der Waals surface area contributed by atoms with Crippen LogP contribution in [-0.4, -0.2) is 65.0 Å². The van der Waals surface area contributed by atoms with Crippen molar-refractivity contribution in [3.8, 4) is 0 Å². The molecule has 3 rings (SSSR count). The van der Waals surface area contributed by atoms with E-state index in [9.17, 15) is 15.3 Å². The molecule has 2 aromatic rings. The highest BCUT2D eigenvalue weighted by Gasteiger charge is 2.44. The molecule has 1 saturated heterocycles. The van der Waals surface area contributed by atoms with Crippen molar-refractivity contribution in [2.45, 2.75) is 61.5 Å². The standard InChI is InChI=1S/C15H22N4O4S/c1-3-4-8(2)24-14-10-13(16-6-17-14)19(7-18-10)15-12(22)11(21)9(5-20)23-15/h6-9,11-12,15,20-22H,3-5H2,1-2H3/t8?,9-,11-,12-,15-/m1/s1. The molecule has 0 radical (unpaired) electrons. The summed E-state index contributed by atoms with van der Waals surface area (Å²) >= 11 is 1.64. The summed E-state index contributed by atoms with van der Waals surface area (Å²) in [5.74, 6) is 0. The van der Waals surface area contributed by atoms with Gasteiger partial charge in [-0.15, -0.1) is 11.8 Å². The molecule has 3 N–H and O–H groups in total. The molecule has 0 aliphatic carbocycles. The molecule has 0 aromatic carbocycles. The van der Waals surface area contributed by atoms with E-state index in [2.05, 4.69) is 28.8 Å². The van der Waals surface area contributed by atoms with E-state index < -0.39 is 24.5 Å². The van der Waals surface area contributed by atoms with Crippen molar-refractivity contribution in [1.29, 1.82) is 0 Å². The predicted molar refractivity (Wildman–Crippen MR) is 88.6 cm³/mol. The van der Waals surface area contributed by atoms with Gasteiger partial charge in [-0.05, 0) is 6.42 Å². The lowest BCUT2D eigenvalue weighted by atomic mass is 10.1. The van der Waals surface area contributed by atoms with Crippen LogP contribution in [0.3, 0.4) is 0 Å². The van der Waals surface area contributed by atoms with Crippen LogP contribution in [0.2, 0.25) is 0 Å². The van der Waals surface area contributed by atoms with Gasteiger partial charge in [0.15, 0.2) is 11.9 Å². The second-order valence-electron chi connectivity index (χ2n) is 5.95. The van der Waals surface area contributed by atoms with Crippen molar-refractivity contribution in [1.82, 2.24) is 19.5 Å². The number of aliphatic hydroxyl groups excluding tert-OH is 3. The van der Waals surface area contributed by atoms with Gasteiger partial charge in [-0.3, -0.25) is 4.57 Å². The molecule has 1 aliphatic heterocycles. The third-order valence-corrected chi connectivity index (χ3v) is 5.28. The van der Waals surface area contributed by atoms with E-state index >= 15 is 0 Å². The van der Waals surface area contributed by atoms with Gasteiger partial charge in [0.1, 0.15) is 35.2 Å². The number of thioether (sulfide) groups is 1. The molecule has 24 heavy (non-hydrogen) atoms. The average molecular weight is 354 g/mol. The van der Waals surface area contributed by atoms with Crippen LogP contribution in [0.4, 0.5) is 0 Å². The fraction of sp³-hybridized carbons (Fsp3) is 0.667. The molecule has 9 heteroatoms. The van der Waals surface area contributed by atoms with Gasteiger partial charge >= 0.3 is 0 Å². The third kappa shape index (κ3) is 3.14. The predicted octanol–water partition coefficient (Wildman–Crippen LogP) is 0.718. The van der Waals surface area contributed by atoms with Gasteiger partial charge in [0.25, 0.3) is 0 Å². The second-order valence-corrected chi connectivity index (χ2v) is 7.38. The van der Waals surface area contributed by atoms with Crippen molar-refractivity contribution < 1.29 is 20.1 Å². The summed E-state index contributed by atoms with van der Waals surface area (Å²) in [6.07, 6.45) is 1.16. The van der Waals surface area contributed by atoms with E-state index in [1.165, 1.54) is 12.7 Å². The molecule has 1 unspecified atom stereocenters. The van der Waals surface area contributed by atoms with Crippen LogP contribution >= 0.6 is 11.8 Å². The summed E-state index contributed by atoms with van der Waals surface area (Å²) in [7, 11) is 0. The van der Waals surface area contributed by atoms with Crippen LogP contribution in [0.5, 0.6) is 0 Å². The molecule has 8 nitrogen and oxygen atoms in total. The molecule has 0 bridgehead atoms. The maximum Gasteiger partial charge on any atom is 0.166 e. The smallest absolute Gasteiger partial charge is 0.166 e. The largest absolute Gasteiger partial charge is 0.394 e. The molecule has 132 valence electrons. The first kappa shape index (κ1) is 17.6. The van der Waals surface area contributed by atoms with Crippen molar-refractivity contribution in [2.75, 3.05) is 6.61 Å². The molecular weight excluding hydrogens is 332 g/mol. The Morgan fingerprint density at radius 2 is 2.08 bits per heavy atom. The van der Waals surface area contributed by atoms with Crippen LogP contribution in [-0.2, 0) is 4.74 Å². The summed E-state index contributed by atoms with van der Waals surface area (Å²) < 4.78 is 7.13. The van der Waals surface area contributed by atoms with Crippen LogP contribution in [0.15, 0.2) is 17.7 Å². The number of hydrogen-bond donors (Lipinski definition) is 3. The van der Waals surface area contributed by atoms with Crippen molar-refractivity contribution in [3.63, 3.8) is 0 Å². The minimum Gasteiger partial charge on any atom is -0.394 e. The topological polar surface area (TPSA) is 114 Å². The van der Waals surface area contributed by atoms with E-state index in [4.69, 9.17) is 4.74 Å². The summed E-state index contributed by atoms with van der Waals surface area (Å²) in [5, 5.41) is 30.5. The number of nitrogens with zero attached hydrogens (tertiary/aromatic N) is 4. The number of imidazole rings is 1. The van der Waals surface area contributed by atoms with E-state index in [0.717, 1.165) is 17.9 Å². The molecule has 3 heterocycles. The lowest BCUT2D eigenvalue weighted by Gasteiger charge is -2.16. The fourth-order valence-corrected chi connectivity index (χ4v) is 3.97. The first-order valence-corrected chi connectivity index (χ1v) is 8.91. The normalized spacial score (nSPS) is 28.5. The van der Waals surface area contributed by atoms with Crippen molar-refractivity contribution in [3.05, 3.63) is 12.7 Å². The highest BCUT2D eigenvalue weighted by Crippen LogP contribution is 2.34. The Kier molecular flexibility index (Phi) is 5.36. The van der Waals surface area contributed by atoms with Gasteiger partial charge in [-0.25, -0.2) is 15.0 Å². The third-order valence-electron chi connectivity index (χ3n) is 4.12. The zero-order valence-corrected chi connectivity index (χ0v) is 14.4. The van der Waals surface area contributed by atoms with Crippen LogP contribution < -0.4 is 0 Å². The summed E-state index contributed by atoms with van der Waals surface area (Å²) in [6, 6.07) is 0. The lowest BCUT2D eigenvalue weighted by Crippen LogP contribution is -2.33. The Bertz CT molecular complexity index is 697. The molecular formula is C15H22N4O4S. The van der Waals surface area contributed by atoms with Gasteiger partial charge < -0.3 is 20.1 Å². The lowest BCUT2D eigenvalue weighted by molar-refractivity contribution is -0.0511. The highest BCUT2D eigenvalue weighted by atomic mass is 32.2. The Morgan fingerprint density at radius 3 is 2.75 bits per heavy atom. The minimum atomic E-state index is -1.16. The number of rotatable bonds is 6. The maximum atomic E-state index is 10.2. The fourth-order valence-electron chi connectivity index (χ4n) is 2.87. The Labute approximate surface area is 143 Å². The van der Waals surface area contributed by atoms with Gasteiger partial charge in [0.2, 0.25) is 0 Å². The van der Waals surface area contributed by atoms with Crippen LogP contribution in [0.25, 0.3) is 11.2 Å².